The lowest BCUT2D eigenvalue weighted by Crippen LogP contribution is -2.40. The molecule has 0 aromatic heterocycles. The lowest BCUT2D eigenvalue weighted by molar-refractivity contribution is -0.147. The third-order valence-electron chi connectivity index (χ3n) is 6.85. The van der Waals surface area contributed by atoms with Crippen LogP contribution in [0, 0.1) is 29.6 Å². The minimum Gasteiger partial charge on any atom is -0.462 e. The third kappa shape index (κ3) is 2.10. The van der Waals surface area contributed by atoms with Crippen LogP contribution in [0.5, 0.6) is 0 Å². The Morgan fingerprint density at radius 2 is 1.35 bits per heavy atom. The molecule has 6 atom stereocenters. The standard InChI is InChI=1S/C18H28O2/c19-18-17(15-9-3-4-11-16(15)20-18)14-10-5-7-12-6-1-2-8-13(12)14/h12-17H,1-11H2. The number of esters is 1. The first-order valence-corrected chi connectivity index (χ1v) is 9.05. The SMILES string of the molecule is O=C1OC2CCCCC2C1C1CCCC2CCCCC21. The van der Waals surface area contributed by atoms with Gasteiger partial charge in [-0.25, -0.2) is 0 Å². The van der Waals surface area contributed by atoms with Crippen molar-refractivity contribution >= 4 is 5.97 Å². The van der Waals surface area contributed by atoms with Gasteiger partial charge in [0.25, 0.3) is 0 Å². The van der Waals surface area contributed by atoms with Crippen LogP contribution in [0.3, 0.4) is 0 Å². The van der Waals surface area contributed by atoms with E-state index in [9.17, 15) is 4.79 Å². The van der Waals surface area contributed by atoms with Gasteiger partial charge in [0, 0.05) is 5.92 Å². The summed E-state index contributed by atoms with van der Waals surface area (Å²) >= 11 is 0. The summed E-state index contributed by atoms with van der Waals surface area (Å²) in [5.74, 6) is 3.45. The third-order valence-corrected chi connectivity index (χ3v) is 6.85. The summed E-state index contributed by atoms with van der Waals surface area (Å²) < 4.78 is 5.77. The smallest absolute Gasteiger partial charge is 0.309 e. The minimum absolute atomic E-state index is 0.179. The molecule has 3 saturated carbocycles. The van der Waals surface area contributed by atoms with Crippen molar-refractivity contribution in [2.75, 3.05) is 0 Å². The Bertz CT molecular complexity index is 376. The summed E-state index contributed by atoms with van der Waals surface area (Å²) in [4.78, 5) is 12.5. The van der Waals surface area contributed by atoms with E-state index in [1.54, 1.807) is 0 Å². The van der Waals surface area contributed by atoms with E-state index in [4.69, 9.17) is 4.74 Å². The van der Waals surface area contributed by atoms with Crippen molar-refractivity contribution < 1.29 is 9.53 Å². The van der Waals surface area contributed by atoms with E-state index in [2.05, 4.69) is 0 Å². The van der Waals surface area contributed by atoms with Gasteiger partial charge in [0.15, 0.2) is 0 Å². The van der Waals surface area contributed by atoms with Gasteiger partial charge in [0.2, 0.25) is 0 Å². The molecule has 0 radical (unpaired) electrons. The van der Waals surface area contributed by atoms with E-state index >= 15 is 0 Å². The van der Waals surface area contributed by atoms with Crippen molar-refractivity contribution in [3.63, 3.8) is 0 Å². The van der Waals surface area contributed by atoms with Gasteiger partial charge in [-0.2, -0.15) is 0 Å². The van der Waals surface area contributed by atoms with E-state index in [1.165, 1.54) is 64.2 Å². The van der Waals surface area contributed by atoms with Crippen molar-refractivity contribution in [1.29, 1.82) is 0 Å². The summed E-state index contributed by atoms with van der Waals surface area (Å²) in [6.45, 7) is 0. The highest BCUT2D eigenvalue weighted by atomic mass is 16.6. The van der Waals surface area contributed by atoms with Crippen LogP contribution in [0.25, 0.3) is 0 Å². The molecule has 0 spiro atoms. The Morgan fingerprint density at radius 1 is 0.700 bits per heavy atom. The molecule has 3 aliphatic carbocycles. The lowest BCUT2D eigenvalue weighted by Gasteiger charge is -2.44. The molecule has 4 fully saturated rings. The van der Waals surface area contributed by atoms with Crippen molar-refractivity contribution in [2.24, 2.45) is 29.6 Å². The molecule has 2 nitrogen and oxygen atoms in total. The van der Waals surface area contributed by atoms with E-state index in [1.807, 2.05) is 0 Å². The Morgan fingerprint density at radius 3 is 2.25 bits per heavy atom. The largest absolute Gasteiger partial charge is 0.462 e. The number of ether oxygens (including phenoxy) is 1. The maximum atomic E-state index is 12.5. The van der Waals surface area contributed by atoms with Gasteiger partial charge in [0.05, 0.1) is 5.92 Å². The first-order valence-electron chi connectivity index (χ1n) is 9.05. The van der Waals surface area contributed by atoms with Crippen LogP contribution in [0.15, 0.2) is 0 Å². The Kier molecular flexibility index (Phi) is 3.52. The molecule has 2 heteroatoms. The molecule has 0 aromatic carbocycles. The summed E-state index contributed by atoms with van der Waals surface area (Å²) in [5, 5.41) is 0. The monoisotopic (exact) mass is 276 g/mol. The number of hydrogen-bond donors (Lipinski definition) is 0. The predicted octanol–water partition coefficient (Wildman–Crippen LogP) is 4.32. The zero-order valence-electron chi connectivity index (χ0n) is 12.6. The van der Waals surface area contributed by atoms with Crippen molar-refractivity contribution in [3.8, 4) is 0 Å². The highest BCUT2D eigenvalue weighted by Crippen LogP contribution is 2.52. The summed E-state index contributed by atoms with van der Waals surface area (Å²) in [5.41, 5.74) is 0. The Labute approximate surface area is 122 Å². The molecular formula is C18H28O2. The van der Waals surface area contributed by atoms with Crippen LogP contribution in [0.2, 0.25) is 0 Å². The van der Waals surface area contributed by atoms with Crippen LogP contribution in [0.1, 0.15) is 70.6 Å². The Balaban J connectivity index is 1.56. The van der Waals surface area contributed by atoms with Gasteiger partial charge in [0.1, 0.15) is 6.10 Å². The lowest BCUT2D eigenvalue weighted by atomic mass is 9.59. The van der Waals surface area contributed by atoms with Gasteiger partial charge in [-0.1, -0.05) is 38.5 Å². The molecule has 4 aliphatic rings. The Hall–Kier alpha value is -0.530. The van der Waals surface area contributed by atoms with Gasteiger partial charge in [-0.3, -0.25) is 4.79 Å². The molecule has 4 rings (SSSR count). The topological polar surface area (TPSA) is 26.3 Å². The number of carbonyl (C=O) groups excluding carboxylic acids is 1. The molecule has 20 heavy (non-hydrogen) atoms. The van der Waals surface area contributed by atoms with Crippen LogP contribution in [0.4, 0.5) is 0 Å². The second-order valence-corrected chi connectivity index (χ2v) is 7.75. The van der Waals surface area contributed by atoms with Crippen LogP contribution < -0.4 is 0 Å². The van der Waals surface area contributed by atoms with Crippen molar-refractivity contribution in [3.05, 3.63) is 0 Å². The second-order valence-electron chi connectivity index (χ2n) is 7.75. The summed E-state index contributed by atoms with van der Waals surface area (Å²) in [7, 11) is 0. The fourth-order valence-corrected chi connectivity index (χ4v) is 6.01. The van der Waals surface area contributed by atoms with E-state index < -0.39 is 0 Å². The minimum atomic E-state index is 0.179. The van der Waals surface area contributed by atoms with Crippen LogP contribution >= 0.6 is 0 Å². The van der Waals surface area contributed by atoms with Gasteiger partial charge >= 0.3 is 5.97 Å². The molecule has 0 aromatic rings. The van der Waals surface area contributed by atoms with Crippen LogP contribution in [-0.2, 0) is 9.53 Å². The van der Waals surface area contributed by atoms with Gasteiger partial charge in [-0.05, 0) is 49.9 Å². The average molecular weight is 276 g/mol. The zero-order valence-corrected chi connectivity index (χ0v) is 12.6. The van der Waals surface area contributed by atoms with E-state index in [0.29, 0.717) is 11.8 Å². The number of fused-ring (bicyclic) bond motifs is 2. The number of rotatable bonds is 1. The summed E-state index contributed by atoms with van der Waals surface area (Å²) in [6, 6.07) is 0. The van der Waals surface area contributed by atoms with Crippen molar-refractivity contribution in [1.82, 2.24) is 0 Å². The molecule has 1 heterocycles. The highest BCUT2D eigenvalue weighted by molar-refractivity contribution is 5.75. The fourth-order valence-electron chi connectivity index (χ4n) is 6.01. The first-order chi connectivity index (χ1) is 9.84. The molecule has 0 N–H and O–H groups in total. The number of carbonyl (C=O) groups is 1. The molecular weight excluding hydrogens is 248 g/mol. The maximum Gasteiger partial charge on any atom is 0.309 e. The van der Waals surface area contributed by atoms with Gasteiger partial charge in [-0.15, -0.1) is 0 Å². The van der Waals surface area contributed by atoms with E-state index in [-0.39, 0.29) is 18.0 Å². The fraction of sp³-hybridized carbons (Fsp3) is 0.944. The van der Waals surface area contributed by atoms with E-state index in [0.717, 1.165) is 18.3 Å². The second kappa shape index (κ2) is 5.35. The van der Waals surface area contributed by atoms with Crippen LogP contribution in [-0.4, -0.2) is 12.1 Å². The predicted molar refractivity (Wildman–Crippen MR) is 78.1 cm³/mol. The quantitative estimate of drug-likeness (QED) is 0.666. The molecule has 6 unspecified atom stereocenters. The molecule has 112 valence electrons. The highest BCUT2D eigenvalue weighted by Gasteiger charge is 2.52. The molecule has 1 saturated heterocycles. The summed E-state index contributed by atoms with van der Waals surface area (Å²) in [6.07, 6.45) is 14.9. The normalized spacial score (nSPS) is 48.3. The van der Waals surface area contributed by atoms with Gasteiger partial charge < -0.3 is 4.74 Å². The van der Waals surface area contributed by atoms with Crippen molar-refractivity contribution in [2.45, 2.75) is 76.7 Å². The molecule has 1 aliphatic heterocycles. The molecule has 0 bridgehead atoms. The zero-order chi connectivity index (χ0) is 13.5. The number of hydrogen-bond acceptors (Lipinski definition) is 2. The first kappa shape index (κ1) is 13.2. The average Bonchev–Trinajstić information content (AvgIpc) is 2.82. The maximum absolute atomic E-state index is 12.5. The molecule has 0 amide bonds.